The van der Waals surface area contributed by atoms with Gasteiger partial charge in [-0.1, -0.05) is 23.7 Å². The van der Waals surface area contributed by atoms with Crippen LogP contribution >= 0.6 is 11.6 Å². The van der Waals surface area contributed by atoms with Crippen LogP contribution in [0.3, 0.4) is 0 Å². The van der Waals surface area contributed by atoms with Crippen molar-refractivity contribution >= 4 is 33.4 Å². The number of hydrogen-bond donors (Lipinski definition) is 0. The van der Waals surface area contributed by atoms with Gasteiger partial charge in [-0.2, -0.15) is 17.0 Å². The summed E-state index contributed by atoms with van der Waals surface area (Å²) in [7, 11) is -2.34. The molecule has 4 aliphatic rings. The SMILES string of the molecule is CC(=O)N1CC2CC(C1)N2c1ccc2c(c1)CCN(S(=O)(=O)N(C)Cc1c(F)cccc1Cl)C2. The van der Waals surface area contributed by atoms with Gasteiger partial charge in [-0.3, -0.25) is 4.79 Å². The molecule has 2 aromatic carbocycles. The molecule has 3 fully saturated rings. The number of hydrogen-bond acceptors (Lipinski definition) is 4. The van der Waals surface area contributed by atoms with Gasteiger partial charge in [0.2, 0.25) is 5.91 Å². The first-order valence-corrected chi connectivity index (χ1v) is 13.2. The highest BCUT2D eigenvalue weighted by Crippen LogP contribution is 2.38. The van der Waals surface area contributed by atoms with E-state index in [2.05, 4.69) is 17.0 Å². The number of rotatable bonds is 5. The van der Waals surface area contributed by atoms with Gasteiger partial charge in [-0.15, -0.1) is 0 Å². The molecule has 7 nitrogen and oxygen atoms in total. The van der Waals surface area contributed by atoms with E-state index in [1.54, 1.807) is 13.0 Å². The molecule has 0 N–H and O–H groups in total. The normalized spacial score (nSPS) is 22.5. The molecule has 6 rings (SSSR count). The van der Waals surface area contributed by atoms with E-state index < -0.39 is 16.0 Å². The number of fused-ring (bicyclic) bond motifs is 3. The number of amides is 1. The Bertz CT molecular complexity index is 1210. The lowest BCUT2D eigenvalue weighted by molar-refractivity contribution is -0.131. The molecule has 2 bridgehead atoms. The number of carbonyl (C=O) groups is 1. The van der Waals surface area contributed by atoms with Crippen molar-refractivity contribution in [3.8, 4) is 0 Å². The predicted octanol–water partition coefficient (Wildman–Crippen LogP) is 3.02. The van der Waals surface area contributed by atoms with Gasteiger partial charge in [0.1, 0.15) is 5.82 Å². The van der Waals surface area contributed by atoms with Crippen molar-refractivity contribution in [2.75, 3.05) is 31.6 Å². The van der Waals surface area contributed by atoms with E-state index in [0.717, 1.165) is 40.6 Å². The summed E-state index contributed by atoms with van der Waals surface area (Å²) >= 11 is 6.09. The standard InChI is InChI=1S/C24H28ClFN4O3S/c1-16(31)28-13-20-11-21(14-28)30(20)19-7-6-18-12-29(9-8-17(18)10-19)34(32,33)27(2)15-22-23(25)4-3-5-24(22)26/h3-7,10,20-21H,8-9,11-15H2,1-2H3. The molecule has 2 aromatic rings. The first-order chi connectivity index (χ1) is 16.1. The van der Waals surface area contributed by atoms with Crippen molar-refractivity contribution in [1.82, 2.24) is 13.5 Å². The van der Waals surface area contributed by atoms with Gasteiger partial charge in [-0.25, -0.2) is 4.39 Å². The van der Waals surface area contributed by atoms with Crippen LogP contribution in [0.15, 0.2) is 36.4 Å². The molecule has 2 atom stereocenters. The van der Waals surface area contributed by atoms with E-state index in [9.17, 15) is 17.6 Å². The van der Waals surface area contributed by atoms with E-state index in [-0.39, 0.29) is 29.6 Å². The third-order valence-corrected chi connectivity index (χ3v) is 9.50. The summed E-state index contributed by atoms with van der Waals surface area (Å²) in [6.45, 7) is 3.64. The Balaban J connectivity index is 1.29. The van der Waals surface area contributed by atoms with Gasteiger partial charge in [0.05, 0.1) is 0 Å². The summed E-state index contributed by atoms with van der Waals surface area (Å²) in [5, 5.41) is 0.209. The topological polar surface area (TPSA) is 64.2 Å². The molecule has 4 heterocycles. The van der Waals surface area contributed by atoms with Gasteiger partial charge in [0.25, 0.3) is 10.2 Å². The molecular weight excluding hydrogens is 479 g/mol. The smallest absolute Gasteiger partial charge is 0.282 e. The monoisotopic (exact) mass is 506 g/mol. The van der Waals surface area contributed by atoms with Crippen LogP contribution in [0.2, 0.25) is 5.02 Å². The van der Waals surface area contributed by atoms with E-state index in [4.69, 9.17) is 11.6 Å². The first-order valence-electron chi connectivity index (χ1n) is 11.4. The Kier molecular flexibility index (Phi) is 6.08. The number of carbonyl (C=O) groups excluding carboxylic acids is 1. The molecule has 3 saturated heterocycles. The molecule has 2 unspecified atom stereocenters. The zero-order chi connectivity index (χ0) is 24.2. The van der Waals surface area contributed by atoms with Crippen molar-refractivity contribution in [2.24, 2.45) is 0 Å². The summed E-state index contributed by atoms with van der Waals surface area (Å²) in [4.78, 5) is 16.0. The van der Waals surface area contributed by atoms with Crippen molar-refractivity contribution < 1.29 is 17.6 Å². The Morgan fingerprint density at radius 2 is 1.91 bits per heavy atom. The number of piperidine rings is 1. The van der Waals surface area contributed by atoms with Crippen LogP contribution in [-0.2, 0) is 34.5 Å². The van der Waals surface area contributed by atoms with Crippen LogP contribution in [0.1, 0.15) is 30.0 Å². The Morgan fingerprint density at radius 3 is 2.59 bits per heavy atom. The molecule has 1 amide bonds. The summed E-state index contributed by atoms with van der Waals surface area (Å²) < 4.78 is 43.2. The summed E-state index contributed by atoms with van der Waals surface area (Å²) in [5.41, 5.74) is 3.44. The highest BCUT2D eigenvalue weighted by Gasteiger charge is 2.45. The summed E-state index contributed by atoms with van der Waals surface area (Å²) in [6.07, 6.45) is 1.71. The molecule has 0 saturated carbocycles. The van der Waals surface area contributed by atoms with Crippen molar-refractivity contribution in [2.45, 2.75) is 44.9 Å². The minimum atomic E-state index is -3.79. The Morgan fingerprint density at radius 1 is 1.18 bits per heavy atom. The Labute approximate surface area is 204 Å². The fourth-order valence-corrected chi connectivity index (χ4v) is 6.88. The van der Waals surface area contributed by atoms with Crippen LogP contribution in [0, 0.1) is 5.82 Å². The maximum atomic E-state index is 14.2. The van der Waals surface area contributed by atoms with E-state index in [1.807, 2.05) is 11.0 Å². The van der Waals surface area contributed by atoms with Crippen LogP contribution in [0.5, 0.6) is 0 Å². The third kappa shape index (κ3) is 4.08. The molecule has 0 aliphatic carbocycles. The molecule has 10 heteroatoms. The fourth-order valence-electron chi connectivity index (χ4n) is 5.34. The van der Waals surface area contributed by atoms with Gasteiger partial charge >= 0.3 is 0 Å². The second kappa shape index (κ2) is 8.78. The van der Waals surface area contributed by atoms with E-state index >= 15 is 0 Å². The predicted molar refractivity (Wildman–Crippen MR) is 129 cm³/mol. The second-order valence-corrected chi connectivity index (χ2v) is 11.8. The first kappa shape index (κ1) is 23.5. The lowest BCUT2D eigenvalue weighted by Gasteiger charge is -2.57. The number of benzene rings is 2. The molecule has 34 heavy (non-hydrogen) atoms. The average molecular weight is 507 g/mol. The van der Waals surface area contributed by atoms with Crippen LogP contribution in [-0.4, -0.2) is 66.6 Å². The van der Waals surface area contributed by atoms with Gasteiger partial charge < -0.3 is 9.80 Å². The minimum absolute atomic E-state index is 0.128. The Hall–Kier alpha value is -2.20. The van der Waals surface area contributed by atoms with Crippen molar-refractivity contribution in [1.29, 1.82) is 0 Å². The lowest BCUT2D eigenvalue weighted by atomic mass is 9.86. The third-order valence-electron chi connectivity index (χ3n) is 7.27. The molecule has 4 aliphatic heterocycles. The number of nitrogens with zero attached hydrogens (tertiary/aromatic N) is 4. The van der Waals surface area contributed by atoms with Crippen LogP contribution in [0.25, 0.3) is 0 Å². The van der Waals surface area contributed by atoms with Crippen molar-refractivity contribution in [3.63, 3.8) is 0 Å². The quantitative estimate of drug-likeness (QED) is 0.625. The molecular formula is C24H28ClFN4O3S. The maximum Gasteiger partial charge on any atom is 0.282 e. The molecule has 182 valence electrons. The van der Waals surface area contributed by atoms with Crippen molar-refractivity contribution in [3.05, 3.63) is 63.9 Å². The largest absolute Gasteiger partial charge is 0.362 e. The van der Waals surface area contributed by atoms with Gasteiger partial charge in [0.15, 0.2) is 0 Å². The molecule has 0 aromatic heterocycles. The highest BCUT2D eigenvalue weighted by molar-refractivity contribution is 7.86. The average Bonchev–Trinajstić information content (AvgIpc) is 2.81. The molecule has 0 spiro atoms. The summed E-state index contributed by atoms with van der Waals surface area (Å²) in [6, 6.07) is 11.3. The zero-order valence-electron chi connectivity index (χ0n) is 19.2. The second-order valence-electron chi connectivity index (χ2n) is 9.38. The van der Waals surface area contributed by atoms with Crippen LogP contribution in [0.4, 0.5) is 10.1 Å². The maximum absolute atomic E-state index is 14.2. The summed E-state index contributed by atoms with van der Waals surface area (Å²) in [5.74, 6) is -0.392. The number of anilines is 1. The number of piperazine rings is 1. The number of halogens is 2. The fraction of sp³-hybridized carbons (Fsp3) is 0.458. The van der Waals surface area contributed by atoms with Gasteiger partial charge in [0, 0.05) is 75.1 Å². The zero-order valence-corrected chi connectivity index (χ0v) is 20.8. The highest BCUT2D eigenvalue weighted by atomic mass is 35.5. The lowest BCUT2D eigenvalue weighted by Crippen LogP contribution is -2.69. The van der Waals surface area contributed by atoms with Crippen LogP contribution < -0.4 is 4.90 Å². The minimum Gasteiger partial charge on any atom is -0.362 e. The van der Waals surface area contributed by atoms with E-state index in [1.165, 1.54) is 23.5 Å². The van der Waals surface area contributed by atoms with Gasteiger partial charge in [-0.05, 0) is 48.2 Å². The molecule has 0 radical (unpaired) electrons. The van der Waals surface area contributed by atoms with E-state index in [0.29, 0.717) is 25.0 Å².